The Morgan fingerprint density at radius 1 is 1.04 bits per heavy atom. The van der Waals surface area contributed by atoms with Gasteiger partial charge in [0.1, 0.15) is 5.75 Å². The van der Waals surface area contributed by atoms with Crippen molar-refractivity contribution in [2.24, 2.45) is 0 Å². The van der Waals surface area contributed by atoms with Crippen molar-refractivity contribution in [2.45, 2.75) is 11.8 Å². The van der Waals surface area contributed by atoms with Crippen molar-refractivity contribution >= 4 is 23.4 Å². The predicted molar refractivity (Wildman–Crippen MR) is 104 cm³/mol. The van der Waals surface area contributed by atoms with E-state index in [9.17, 15) is 4.79 Å². The summed E-state index contributed by atoms with van der Waals surface area (Å²) in [6, 6.07) is 16.3. The zero-order valence-electron chi connectivity index (χ0n) is 14.8. The van der Waals surface area contributed by atoms with Gasteiger partial charge in [-0.2, -0.15) is 0 Å². The fourth-order valence-electron chi connectivity index (χ4n) is 2.96. The third-order valence-electron chi connectivity index (χ3n) is 4.51. The van der Waals surface area contributed by atoms with E-state index in [-0.39, 0.29) is 5.91 Å². The molecule has 1 aliphatic heterocycles. The Hall–Kier alpha value is -2.14. The largest absolute Gasteiger partial charge is 0.497 e. The molecule has 132 valence electrons. The molecule has 2 aromatic carbocycles. The van der Waals surface area contributed by atoms with Crippen molar-refractivity contribution in [3.05, 3.63) is 54.1 Å². The molecule has 0 radical (unpaired) electrons. The number of aryl methyl sites for hydroxylation is 1. The van der Waals surface area contributed by atoms with Gasteiger partial charge in [0.2, 0.25) is 5.91 Å². The van der Waals surface area contributed by atoms with Gasteiger partial charge < -0.3 is 14.5 Å². The number of hydrogen-bond acceptors (Lipinski definition) is 4. The molecule has 0 unspecified atom stereocenters. The number of methoxy groups -OCH3 is 1. The first-order valence-corrected chi connectivity index (χ1v) is 9.51. The van der Waals surface area contributed by atoms with Gasteiger partial charge in [-0.1, -0.05) is 18.2 Å². The van der Waals surface area contributed by atoms with Crippen LogP contribution in [0.4, 0.5) is 5.69 Å². The first-order valence-electron chi connectivity index (χ1n) is 8.52. The molecule has 0 atom stereocenters. The summed E-state index contributed by atoms with van der Waals surface area (Å²) in [5, 5.41) is 0. The van der Waals surface area contributed by atoms with Crippen LogP contribution in [0, 0.1) is 6.92 Å². The van der Waals surface area contributed by atoms with E-state index >= 15 is 0 Å². The van der Waals surface area contributed by atoms with E-state index in [1.54, 1.807) is 18.9 Å². The number of thioether (sulfide) groups is 1. The fourth-order valence-corrected chi connectivity index (χ4v) is 3.89. The summed E-state index contributed by atoms with van der Waals surface area (Å²) < 4.78 is 5.20. The van der Waals surface area contributed by atoms with Gasteiger partial charge in [0.15, 0.2) is 0 Å². The van der Waals surface area contributed by atoms with E-state index in [4.69, 9.17) is 4.74 Å². The van der Waals surface area contributed by atoms with E-state index in [1.807, 2.05) is 29.2 Å². The number of rotatable bonds is 5. The number of ether oxygens (including phenoxy) is 1. The normalized spacial score (nSPS) is 14.5. The molecule has 0 saturated carbocycles. The molecular formula is C20H24N2O2S. The van der Waals surface area contributed by atoms with Crippen molar-refractivity contribution in [2.75, 3.05) is 43.9 Å². The maximum Gasteiger partial charge on any atom is 0.233 e. The number of amides is 1. The van der Waals surface area contributed by atoms with E-state index < -0.39 is 0 Å². The third kappa shape index (κ3) is 4.48. The minimum atomic E-state index is 0.225. The number of benzene rings is 2. The van der Waals surface area contributed by atoms with Crippen molar-refractivity contribution < 1.29 is 9.53 Å². The highest BCUT2D eigenvalue weighted by Crippen LogP contribution is 2.23. The lowest BCUT2D eigenvalue weighted by molar-refractivity contribution is -0.128. The van der Waals surface area contributed by atoms with Crippen molar-refractivity contribution in [3.8, 4) is 5.75 Å². The highest BCUT2D eigenvalue weighted by Gasteiger charge is 2.21. The zero-order valence-corrected chi connectivity index (χ0v) is 15.6. The van der Waals surface area contributed by atoms with Crippen LogP contribution in [0.25, 0.3) is 0 Å². The summed E-state index contributed by atoms with van der Waals surface area (Å²) in [4.78, 5) is 18.0. The molecule has 1 saturated heterocycles. The van der Waals surface area contributed by atoms with Gasteiger partial charge in [-0.15, -0.1) is 11.8 Å². The first kappa shape index (κ1) is 17.7. The number of piperazine rings is 1. The molecule has 3 rings (SSSR count). The molecule has 1 heterocycles. The molecule has 25 heavy (non-hydrogen) atoms. The topological polar surface area (TPSA) is 32.8 Å². The van der Waals surface area contributed by atoms with Crippen molar-refractivity contribution in [3.63, 3.8) is 0 Å². The SMILES string of the molecule is COc1ccc(N2CCN(C(=O)CSc3ccccc3C)CC2)cc1. The Morgan fingerprint density at radius 3 is 2.36 bits per heavy atom. The summed E-state index contributed by atoms with van der Waals surface area (Å²) in [7, 11) is 1.67. The average molecular weight is 356 g/mol. The van der Waals surface area contributed by atoms with Gasteiger partial charge >= 0.3 is 0 Å². The molecule has 0 spiro atoms. The van der Waals surface area contributed by atoms with Crippen molar-refractivity contribution in [1.82, 2.24) is 4.90 Å². The molecule has 1 fully saturated rings. The van der Waals surface area contributed by atoms with Crippen LogP contribution in [0.5, 0.6) is 5.75 Å². The second kappa shape index (κ2) is 8.30. The van der Waals surface area contributed by atoms with E-state index in [1.165, 1.54) is 16.1 Å². The number of hydrogen-bond donors (Lipinski definition) is 0. The van der Waals surface area contributed by atoms with E-state index in [0.29, 0.717) is 5.75 Å². The quantitative estimate of drug-likeness (QED) is 0.769. The van der Waals surface area contributed by atoms with Crippen LogP contribution in [0.1, 0.15) is 5.56 Å². The first-order chi connectivity index (χ1) is 12.2. The molecule has 0 aromatic heterocycles. The second-order valence-electron chi connectivity index (χ2n) is 6.12. The maximum absolute atomic E-state index is 12.5. The summed E-state index contributed by atoms with van der Waals surface area (Å²) in [6.45, 7) is 5.37. The Morgan fingerprint density at radius 2 is 1.72 bits per heavy atom. The summed E-state index contributed by atoms with van der Waals surface area (Å²) >= 11 is 1.63. The lowest BCUT2D eigenvalue weighted by atomic mass is 10.2. The van der Waals surface area contributed by atoms with Crippen LogP contribution in [-0.4, -0.2) is 49.8 Å². The minimum absolute atomic E-state index is 0.225. The Kier molecular flexibility index (Phi) is 5.87. The third-order valence-corrected chi connectivity index (χ3v) is 5.68. The standard InChI is InChI=1S/C20H24N2O2S/c1-16-5-3-4-6-19(16)25-15-20(23)22-13-11-21(12-14-22)17-7-9-18(24-2)10-8-17/h3-10H,11-15H2,1-2H3. The van der Waals surface area contributed by atoms with Gasteiger partial charge in [-0.25, -0.2) is 0 Å². The Labute approximate surface area is 153 Å². The summed E-state index contributed by atoms with van der Waals surface area (Å²) in [5.41, 5.74) is 2.41. The zero-order chi connectivity index (χ0) is 17.6. The lowest BCUT2D eigenvalue weighted by Gasteiger charge is -2.36. The number of nitrogens with zero attached hydrogens (tertiary/aromatic N) is 2. The van der Waals surface area contributed by atoms with Gasteiger partial charge in [-0.05, 0) is 42.8 Å². The average Bonchev–Trinajstić information content (AvgIpc) is 2.67. The van der Waals surface area contributed by atoms with Crippen LogP contribution in [0.3, 0.4) is 0 Å². The van der Waals surface area contributed by atoms with Crippen LogP contribution in [-0.2, 0) is 4.79 Å². The molecule has 0 bridgehead atoms. The van der Waals surface area contributed by atoms with Gasteiger partial charge in [0.25, 0.3) is 0 Å². The molecule has 0 N–H and O–H groups in total. The van der Waals surface area contributed by atoms with Gasteiger partial charge in [0.05, 0.1) is 12.9 Å². The molecule has 0 aliphatic carbocycles. The predicted octanol–water partition coefficient (Wildman–Crippen LogP) is 3.44. The Bertz CT molecular complexity index is 710. The molecule has 1 amide bonds. The monoisotopic (exact) mass is 356 g/mol. The van der Waals surface area contributed by atoms with Crippen molar-refractivity contribution in [1.29, 1.82) is 0 Å². The molecular weight excluding hydrogens is 332 g/mol. The van der Waals surface area contributed by atoms with Crippen LogP contribution in [0.15, 0.2) is 53.4 Å². The molecule has 5 heteroatoms. The molecule has 1 aliphatic rings. The number of anilines is 1. The summed E-state index contributed by atoms with van der Waals surface area (Å²) in [5.74, 6) is 1.60. The molecule has 2 aromatic rings. The highest BCUT2D eigenvalue weighted by atomic mass is 32.2. The van der Waals surface area contributed by atoms with E-state index in [0.717, 1.165) is 31.9 Å². The van der Waals surface area contributed by atoms with Crippen LogP contribution in [0.2, 0.25) is 0 Å². The highest BCUT2D eigenvalue weighted by molar-refractivity contribution is 8.00. The van der Waals surface area contributed by atoms with Crippen LogP contribution < -0.4 is 9.64 Å². The number of carbonyl (C=O) groups excluding carboxylic acids is 1. The Balaban J connectivity index is 1.49. The molecule has 4 nitrogen and oxygen atoms in total. The smallest absolute Gasteiger partial charge is 0.233 e. The number of carbonyl (C=O) groups is 1. The van der Waals surface area contributed by atoms with Crippen LogP contribution >= 0.6 is 11.8 Å². The van der Waals surface area contributed by atoms with Gasteiger partial charge in [0, 0.05) is 36.8 Å². The lowest BCUT2D eigenvalue weighted by Crippen LogP contribution is -2.49. The second-order valence-corrected chi connectivity index (χ2v) is 7.14. The fraction of sp³-hybridized carbons (Fsp3) is 0.350. The summed E-state index contributed by atoms with van der Waals surface area (Å²) in [6.07, 6.45) is 0. The van der Waals surface area contributed by atoms with Gasteiger partial charge in [-0.3, -0.25) is 4.79 Å². The van der Waals surface area contributed by atoms with E-state index in [2.05, 4.69) is 36.1 Å². The minimum Gasteiger partial charge on any atom is -0.497 e. The maximum atomic E-state index is 12.5.